The predicted molar refractivity (Wildman–Crippen MR) is 106 cm³/mol. The summed E-state index contributed by atoms with van der Waals surface area (Å²) in [6.07, 6.45) is 4.95. The molecule has 1 aliphatic heterocycles. The first-order chi connectivity index (χ1) is 13.9. The molecule has 0 fully saturated rings. The second kappa shape index (κ2) is 9.18. The van der Waals surface area contributed by atoms with E-state index >= 15 is 0 Å². The average Bonchev–Trinajstić information content (AvgIpc) is 3.12. The maximum atomic E-state index is 12.5. The van der Waals surface area contributed by atoms with Gasteiger partial charge in [0, 0.05) is 37.5 Å². The molecule has 29 heavy (non-hydrogen) atoms. The highest BCUT2D eigenvalue weighted by molar-refractivity contribution is 5.44. The molecule has 4 N–H and O–H groups in total. The van der Waals surface area contributed by atoms with Crippen LogP contribution < -0.4 is 21.1 Å². The van der Waals surface area contributed by atoms with Gasteiger partial charge >= 0.3 is 6.36 Å². The van der Waals surface area contributed by atoms with E-state index in [4.69, 9.17) is 5.73 Å². The minimum Gasteiger partial charge on any atom is -0.405 e. The average molecular weight is 402 g/mol. The first-order valence-electron chi connectivity index (χ1n) is 8.97. The third-order valence-electron chi connectivity index (χ3n) is 4.27. The van der Waals surface area contributed by atoms with E-state index in [0.29, 0.717) is 17.8 Å². The smallest absolute Gasteiger partial charge is 0.405 e. The molecular formula is C21H21F3N4O. The summed E-state index contributed by atoms with van der Waals surface area (Å²) >= 11 is 0. The fraction of sp³-hybridized carbons (Fsp3) is 0.190. The summed E-state index contributed by atoms with van der Waals surface area (Å²) < 4.78 is 41.6. The van der Waals surface area contributed by atoms with Gasteiger partial charge in [0.05, 0.1) is 0 Å². The van der Waals surface area contributed by atoms with E-state index in [1.165, 1.54) is 18.3 Å². The number of ether oxygens (including phenoxy) is 1. The number of benzene rings is 1. The van der Waals surface area contributed by atoms with Gasteiger partial charge in [-0.25, -0.2) is 4.98 Å². The van der Waals surface area contributed by atoms with Gasteiger partial charge in [-0.05, 0) is 41.1 Å². The fourth-order valence-electron chi connectivity index (χ4n) is 2.91. The number of hydrogen-bond donors (Lipinski definition) is 3. The highest BCUT2D eigenvalue weighted by atomic mass is 19.4. The number of nitrogens with one attached hydrogen (secondary N) is 2. The van der Waals surface area contributed by atoms with Crippen LogP contribution in [0.15, 0.2) is 78.3 Å². The molecule has 0 saturated carbocycles. The van der Waals surface area contributed by atoms with Crippen molar-refractivity contribution >= 4 is 5.82 Å². The first kappa shape index (κ1) is 20.3. The number of hydrogen-bond acceptors (Lipinski definition) is 5. The normalized spacial score (nSPS) is 15.4. The van der Waals surface area contributed by atoms with Gasteiger partial charge in [0.2, 0.25) is 0 Å². The number of alkyl halides is 3. The predicted octanol–water partition coefficient (Wildman–Crippen LogP) is 4.02. The summed E-state index contributed by atoms with van der Waals surface area (Å²) in [6, 6.07) is 9.75. The third-order valence-corrected chi connectivity index (χ3v) is 4.27. The number of halogens is 3. The van der Waals surface area contributed by atoms with Crippen molar-refractivity contribution in [2.45, 2.75) is 19.3 Å². The van der Waals surface area contributed by atoms with Gasteiger partial charge in [-0.15, -0.1) is 13.2 Å². The van der Waals surface area contributed by atoms with E-state index in [2.05, 4.69) is 20.4 Å². The van der Waals surface area contributed by atoms with Crippen molar-refractivity contribution in [3.05, 3.63) is 89.4 Å². The Morgan fingerprint density at radius 2 is 2.03 bits per heavy atom. The molecule has 0 saturated heterocycles. The van der Waals surface area contributed by atoms with Crippen LogP contribution >= 0.6 is 0 Å². The van der Waals surface area contributed by atoms with Crippen LogP contribution in [0.1, 0.15) is 11.1 Å². The number of anilines is 1. The van der Waals surface area contributed by atoms with Crippen molar-refractivity contribution in [3.8, 4) is 5.75 Å². The number of para-hydroxylation sites is 1. The van der Waals surface area contributed by atoms with Crippen molar-refractivity contribution in [2.75, 3.05) is 11.9 Å². The largest absolute Gasteiger partial charge is 0.573 e. The summed E-state index contributed by atoms with van der Waals surface area (Å²) in [5.74, 6) is 0.339. The molecule has 8 heteroatoms. The van der Waals surface area contributed by atoms with Gasteiger partial charge in [0.25, 0.3) is 0 Å². The van der Waals surface area contributed by atoms with E-state index in [9.17, 15) is 13.2 Å². The molecule has 1 aromatic carbocycles. The van der Waals surface area contributed by atoms with Gasteiger partial charge in [-0.2, -0.15) is 0 Å². The van der Waals surface area contributed by atoms with Gasteiger partial charge in [-0.1, -0.05) is 30.3 Å². The van der Waals surface area contributed by atoms with Gasteiger partial charge in [0.15, 0.2) is 0 Å². The SMILES string of the molecule is N/C=C\C=C1/CNC=C1Cc1ccc(NCc2ccccc2OC(F)(F)F)nc1. The second-order valence-corrected chi connectivity index (χ2v) is 6.36. The number of allylic oxidation sites excluding steroid dienone is 2. The van der Waals surface area contributed by atoms with Crippen LogP contribution in [-0.4, -0.2) is 17.9 Å². The lowest BCUT2D eigenvalue weighted by atomic mass is 10.0. The Morgan fingerprint density at radius 1 is 1.21 bits per heavy atom. The lowest BCUT2D eigenvalue weighted by molar-refractivity contribution is -0.274. The highest BCUT2D eigenvalue weighted by Crippen LogP contribution is 2.27. The minimum atomic E-state index is -4.73. The summed E-state index contributed by atoms with van der Waals surface area (Å²) in [7, 11) is 0. The van der Waals surface area contributed by atoms with Crippen LogP contribution in [0.2, 0.25) is 0 Å². The Morgan fingerprint density at radius 3 is 2.76 bits per heavy atom. The van der Waals surface area contributed by atoms with Crippen molar-refractivity contribution in [2.24, 2.45) is 5.73 Å². The zero-order chi connectivity index (χ0) is 20.7. The summed E-state index contributed by atoms with van der Waals surface area (Å²) in [6.45, 7) is 0.915. The summed E-state index contributed by atoms with van der Waals surface area (Å²) in [4.78, 5) is 4.35. The Labute approximate surface area is 166 Å². The molecule has 0 unspecified atom stereocenters. The fourth-order valence-corrected chi connectivity index (χ4v) is 2.91. The Hall–Kier alpha value is -3.42. The molecule has 1 aliphatic rings. The maximum absolute atomic E-state index is 12.5. The lowest BCUT2D eigenvalue weighted by Crippen LogP contribution is -2.18. The molecule has 152 valence electrons. The van der Waals surface area contributed by atoms with E-state index in [1.807, 2.05) is 18.3 Å². The Bertz CT molecular complexity index is 918. The van der Waals surface area contributed by atoms with E-state index in [-0.39, 0.29) is 12.3 Å². The number of pyridine rings is 1. The van der Waals surface area contributed by atoms with Gasteiger partial charge in [-0.3, -0.25) is 0 Å². The van der Waals surface area contributed by atoms with Crippen molar-refractivity contribution in [1.82, 2.24) is 10.3 Å². The molecular weight excluding hydrogens is 381 g/mol. The third kappa shape index (κ3) is 6.03. The zero-order valence-electron chi connectivity index (χ0n) is 15.5. The Balaban J connectivity index is 1.61. The van der Waals surface area contributed by atoms with Gasteiger partial charge < -0.3 is 21.1 Å². The molecule has 0 atom stereocenters. The van der Waals surface area contributed by atoms with Gasteiger partial charge in [0.1, 0.15) is 11.6 Å². The molecule has 0 radical (unpaired) electrons. The molecule has 1 aromatic heterocycles. The molecule has 2 aromatic rings. The molecule has 2 heterocycles. The quantitative estimate of drug-likeness (QED) is 0.653. The molecule has 0 bridgehead atoms. The summed E-state index contributed by atoms with van der Waals surface area (Å²) in [5, 5.41) is 6.22. The van der Waals surface area contributed by atoms with Crippen LogP contribution in [0.5, 0.6) is 5.75 Å². The number of rotatable bonds is 7. The second-order valence-electron chi connectivity index (χ2n) is 6.36. The lowest BCUT2D eigenvalue weighted by Gasteiger charge is -2.14. The Kier molecular flexibility index (Phi) is 6.43. The maximum Gasteiger partial charge on any atom is 0.573 e. The van der Waals surface area contributed by atoms with Crippen molar-refractivity contribution < 1.29 is 17.9 Å². The summed E-state index contributed by atoms with van der Waals surface area (Å²) in [5.41, 5.74) is 9.12. The van der Waals surface area contributed by atoms with E-state index < -0.39 is 6.36 Å². The van der Waals surface area contributed by atoms with Crippen LogP contribution in [-0.2, 0) is 13.0 Å². The molecule has 5 nitrogen and oxygen atoms in total. The van der Waals surface area contributed by atoms with E-state index in [0.717, 1.165) is 23.3 Å². The topological polar surface area (TPSA) is 72.2 Å². The number of nitrogens with two attached hydrogens (primary N) is 1. The first-order valence-corrected chi connectivity index (χ1v) is 8.97. The minimum absolute atomic E-state index is 0.159. The van der Waals surface area contributed by atoms with Crippen LogP contribution in [0.4, 0.5) is 19.0 Å². The molecule has 3 rings (SSSR count). The van der Waals surface area contributed by atoms with Crippen LogP contribution in [0.3, 0.4) is 0 Å². The number of aromatic nitrogens is 1. The zero-order valence-corrected chi connectivity index (χ0v) is 15.5. The van der Waals surface area contributed by atoms with Crippen LogP contribution in [0.25, 0.3) is 0 Å². The molecule has 0 amide bonds. The standard InChI is InChI=1S/C21H21F3N4O/c22-21(23,24)29-19-6-2-1-4-17(19)14-28-20-8-7-15(11-27-20)10-18-13-26-12-16(18)5-3-9-25/h1-9,11,13,26H,10,12,14,25H2,(H,27,28)/b9-3-,16-5+. The van der Waals surface area contributed by atoms with Crippen LogP contribution in [0, 0.1) is 0 Å². The monoisotopic (exact) mass is 402 g/mol. The van der Waals surface area contributed by atoms with Crippen molar-refractivity contribution in [1.29, 1.82) is 0 Å². The van der Waals surface area contributed by atoms with Crippen molar-refractivity contribution in [3.63, 3.8) is 0 Å². The highest BCUT2D eigenvalue weighted by Gasteiger charge is 2.31. The molecule has 0 spiro atoms. The number of nitrogens with zero attached hydrogens (tertiary/aromatic N) is 1. The van der Waals surface area contributed by atoms with E-state index in [1.54, 1.807) is 30.5 Å². The molecule has 0 aliphatic carbocycles.